The molecule has 3 rings (SSSR count). The number of carbonyl (C=O) groups excluding carboxylic acids is 2. The first-order valence-electron chi connectivity index (χ1n) is 8.80. The third-order valence-corrected chi connectivity index (χ3v) is 4.90. The van der Waals surface area contributed by atoms with E-state index in [2.05, 4.69) is 25.2 Å². The second-order valence-electron chi connectivity index (χ2n) is 5.94. The second kappa shape index (κ2) is 9.79. The number of methoxy groups -OCH3 is 3. The van der Waals surface area contributed by atoms with E-state index < -0.39 is 5.97 Å². The van der Waals surface area contributed by atoms with Crippen LogP contribution in [0.15, 0.2) is 47.6 Å². The van der Waals surface area contributed by atoms with Crippen LogP contribution in [0.2, 0.25) is 0 Å². The van der Waals surface area contributed by atoms with Crippen molar-refractivity contribution >= 4 is 29.3 Å². The molecule has 1 amide bonds. The summed E-state index contributed by atoms with van der Waals surface area (Å²) in [6, 6.07) is 11.8. The van der Waals surface area contributed by atoms with Crippen LogP contribution in [0.1, 0.15) is 10.4 Å². The number of anilines is 1. The number of aromatic amines is 1. The van der Waals surface area contributed by atoms with E-state index in [1.807, 2.05) is 6.07 Å². The van der Waals surface area contributed by atoms with Crippen LogP contribution in [0.4, 0.5) is 5.69 Å². The van der Waals surface area contributed by atoms with Crippen LogP contribution in [-0.2, 0) is 9.53 Å². The molecule has 0 atom stereocenters. The van der Waals surface area contributed by atoms with Gasteiger partial charge in [0.05, 0.1) is 38.2 Å². The van der Waals surface area contributed by atoms with Gasteiger partial charge in [-0.25, -0.2) is 9.78 Å². The van der Waals surface area contributed by atoms with Gasteiger partial charge in [-0.05, 0) is 36.4 Å². The summed E-state index contributed by atoms with van der Waals surface area (Å²) < 4.78 is 15.2. The van der Waals surface area contributed by atoms with Crippen molar-refractivity contribution in [2.45, 2.75) is 5.16 Å². The predicted molar refractivity (Wildman–Crippen MR) is 112 cm³/mol. The van der Waals surface area contributed by atoms with Crippen molar-refractivity contribution in [1.29, 1.82) is 0 Å². The third kappa shape index (κ3) is 5.09. The molecule has 9 nitrogen and oxygen atoms in total. The number of nitrogens with zero attached hydrogens (tertiary/aromatic N) is 2. The van der Waals surface area contributed by atoms with Crippen molar-refractivity contribution in [3.05, 3.63) is 48.0 Å². The number of carbonyl (C=O) groups is 2. The van der Waals surface area contributed by atoms with Gasteiger partial charge in [-0.2, -0.15) is 0 Å². The average Bonchev–Trinajstić information content (AvgIpc) is 3.26. The molecule has 0 fully saturated rings. The van der Waals surface area contributed by atoms with E-state index >= 15 is 0 Å². The number of esters is 1. The topological polar surface area (TPSA) is 115 Å². The summed E-state index contributed by atoms with van der Waals surface area (Å²) in [5.74, 6) is 1.25. The molecule has 0 bridgehead atoms. The van der Waals surface area contributed by atoms with Gasteiger partial charge in [-0.15, -0.1) is 5.10 Å². The van der Waals surface area contributed by atoms with E-state index in [1.165, 1.54) is 18.9 Å². The number of rotatable bonds is 8. The highest BCUT2D eigenvalue weighted by Crippen LogP contribution is 2.32. The maximum atomic E-state index is 12.2. The highest BCUT2D eigenvalue weighted by atomic mass is 32.2. The van der Waals surface area contributed by atoms with Crippen molar-refractivity contribution < 1.29 is 23.8 Å². The van der Waals surface area contributed by atoms with E-state index in [-0.39, 0.29) is 11.7 Å². The first-order valence-corrected chi connectivity index (χ1v) is 9.78. The van der Waals surface area contributed by atoms with Crippen LogP contribution in [-0.4, -0.2) is 54.1 Å². The molecule has 0 saturated heterocycles. The summed E-state index contributed by atoms with van der Waals surface area (Å²) in [5.41, 5.74) is 1.71. The molecule has 0 unspecified atom stereocenters. The van der Waals surface area contributed by atoms with Crippen LogP contribution in [0.25, 0.3) is 11.4 Å². The number of nitrogens with one attached hydrogen (secondary N) is 2. The lowest BCUT2D eigenvalue weighted by Crippen LogP contribution is -2.14. The summed E-state index contributed by atoms with van der Waals surface area (Å²) in [7, 11) is 4.46. The Bertz CT molecular complexity index is 1040. The Morgan fingerprint density at radius 2 is 1.83 bits per heavy atom. The molecule has 0 spiro atoms. The van der Waals surface area contributed by atoms with Gasteiger partial charge in [0.2, 0.25) is 11.1 Å². The van der Waals surface area contributed by atoms with Crippen LogP contribution < -0.4 is 14.8 Å². The molecule has 2 N–H and O–H groups in total. The van der Waals surface area contributed by atoms with E-state index in [0.717, 1.165) is 5.56 Å². The number of benzene rings is 2. The third-order valence-electron chi connectivity index (χ3n) is 4.05. The molecular formula is C20H20N4O5S. The Labute approximate surface area is 177 Å². The van der Waals surface area contributed by atoms with Crippen LogP contribution in [0.5, 0.6) is 11.5 Å². The lowest BCUT2D eigenvalue weighted by atomic mass is 10.2. The van der Waals surface area contributed by atoms with Crippen LogP contribution in [0.3, 0.4) is 0 Å². The Morgan fingerprint density at radius 3 is 2.50 bits per heavy atom. The summed E-state index contributed by atoms with van der Waals surface area (Å²) in [6.45, 7) is 0. The van der Waals surface area contributed by atoms with Crippen molar-refractivity contribution in [3.8, 4) is 22.9 Å². The lowest BCUT2D eigenvalue weighted by molar-refractivity contribution is -0.113. The summed E-state index contributed by atoms with van der Waals surface area (Å²) in [5, 5.41) is 10.2. The maximum absolute atomic E-state index is 12.2. The van der Waals surface area contributed by atoms with Gasteiger partial charge >= 0.3 is 5.97 Å². The maximum Gasteiger partial charge on any atom is 0.337 e. The van der Waals surface area contributed by atoms with Crippen molar-refractivity contribution in [2.24, 2.45) is 0 Å². The largest absolute Gasteiger partial charge is 0.497 e. The molecular weight excluding hydrogens is 408 g/mol. The summed E-state index contributed by atoms with van der Waals surface area (Å²) in [6.07, 6.45) is 0. The first-order chi connectivity index (χ1) is 14.5. The summed E-state index contributed by atoms with van der Waals surface area (Å²) >= 11 is 1.19. The molecule has 10 heteroatoms. The van der Waals surface area contributed by atoms with Crippen LogP contribution >= 0.6 is 11.8 Å². The minimum atomic E-state index is -0.433. The molecule has 3 aromatic rings. The number of H-pyrrole nitrogens is 1. The fraction of sp³-hybridized carbons (Fsp3) is 0.200. The Morgan fingerprint density at radius 1 is 1.07 bits per heavy atom. The number of ether oxygens (including phenoxy) is 3. The molecule has 156 valence electrons. The van der Waals surface area contributed by atoms with Gasteiger partial charge in [-0.1, -0.05) is 11.8 Å². The second-order valence-corrected chi connectivity index (χ2v) is 6.88. The number of hydrogen-bond acceptors (Lipinski definition) is 8. The summed E-state index contributed by atoms with van der Waals surface area (Å²) in [4.78, 5) is 28.0. The highest BCUT2D eigenvalue weighted by molar-refractivity contribution is 7.99. The average molecular weight is 428 g/mol. The SMILES string of the molecule is COC(=O)c1ccc(NC(=O)CSc2n[nH]c(-c3ccc(OC)cc3OC)n2)cc1. The Kier molecular flexibility index (Phi) is 6.91. The molecule has 1 heterocycles. The fourth-order valence-corrected chi connectivity index (χ4v) is 3.16. The van der Waals surface area contributed by atoms with Crippen molar-refractivity contribution in [3.63, 3.8) is 0 Å². The minimum Gasteiger partial charge on any atom is -0.497 e. The normalized spacial score (nSPS) is 10.4. The van der Waals surface area contributed by atoms with E-state index in [1.54, 1.807) is 50.6 Å². The smallest absolute Gasteiger partial charge is 0.337 e. The molecule has 0 aliphatic rings. The Hall–Kier alpha value is -3.53. The van der Waals surface area contributed by atoms with E-state index in [0.29, 0.717) is 33.7 Å². The van der Waals surface area contributed by atoms with Gasteiger partial charge in [-0.3, -0.25) is 9.89 Å². The Balaban J connectivity index is 1.59. The van der Waals surface area contributed by atoms with Crippen molar-refractivity contribution in [1.82, 2.24) is 15.2 Å². The molecule has 0 aliphatic heterocycles. The zero-order valence-electron chi connectivity index (χ0n) is 16.6. The van der Waals surface area contributed by atoms with Gasteiger partial charge in [0.25, 0.3) is 0 Å². The lowest BCUT2D eigenvalue weighted by Gasteiger charge is -2.07. The van der Waals surface area contributed by atoms with Gasteiger partial charge in [0.1, 0.15) is 11.5 Å². The fourth-order valence-electron chi connectivity index (χ4n) is 2.56. The molecule has 2 aromatic carbocycles. The number of amides is 1. The standard InChI is InChI=1S/C20H20N4O5S/c1-27-14-8-9-15(16(10-14)28-2)18-22-20(24-23-18)30-11-17(25)21-13-6-4-12(5-7-13)19(26)29-3/h4-10H,11H2,1-3H3,(H,21,25)(H,22,23,24). The van der Waals surface area contributed by atoms with E-state index in [4.69, 9.17) is 9.47 Å². The zero-order valence-corrected chi connectivity index (χ0v) is 17.4. The molecule has 0 radical (unpaired) electrons. The highest BCUT2D eigenvalue weighted by Gasteiger charge is 2.14. The molecule has 0 aliphatic carbocycles. The van der Waals surface area contributed by atoms with Crippen LogP contribution in [0, 0.1) is 0 Å². The molecule has 30 heavy (non-hydrogen) atoms. The van der Waals surface area contributed by atoms with Gasteiger partial charge in [0.15, 0.2) is 5.82 Å². The van der Waals surface area contributed by atoms with Gasteiger partial charge in [0, 0.05) is 11.8 Å². The predicted octanol–water partition coefficient (Wildman–Crippen LogP) is 3.01. The number of aromatic nitrogens is 3. The number of hydrogen-bond donors (Lipinski definition) is 2. The first kappa shape index (κ1) is 21.2. The molecule has 1 aromatic heterocycles. The quantitative estimate of drug-likeness (QED) is 0.416. The number of thioether (sulfide) groups is 1. The molecule has 0 saturated carbocycles. The monoisotopic (exact) mass is 428 g/mol. The van der Waals surface area contributed by atoms with Crippen molar-refractivity contribution in [2.75, 3.05) is 32.4 Å². The van der Waals surface area contributed by atoms with E-state index in [9.17, 15) is 9.59 Å². The van der Waals surface area contributed by atoms with Gasteiger partial charge < -0.3 is 19.5 Å². The zero-order chi connectivity index (χ0) is 21.5. The minimum absolute atomic E-state index is 0.121.